The van der Waals surface area contributed by atoms with Gasteiger partial charge in [-0.2, -0.15) is 0 Å². The van der Waals surface area contributed by atoms with Crippen LogP contribution < -0.4 is 14.8 Å². The van der Waals surface area contributed by atoms with Gasteiger partial charge < -0.3 is 19.7 Å². The fourth-order valence-corrected chi connectivity index (χ4v) is 3.96. The van der Waals surface area contributed by atoms with Crippen LogP contribution in [0.2, 0.25) is 10.0 Å². The second-order valence-corrected chi connectivity index (χ2v) is 10.2. The molecule has 7 heteroatoms. The van der Waals surface area contributed by atoms with Gasteiger partial charge in [-0.25, -0.2) is 4.79 Å². The Hall–Kier alpha value is -2.89. The number of methoxy groups -OCH3 is 2. The summed E-state index contributed by atoms with van der Waals surface area (Å²) in [4.78, 5) is 15.1. The number of urea groups is 1. The maximum absolute atomic E-state index is 13.3. The van der Waals surface area contributed by atoms with Crippen LogP contribution in [-0.2, 0) is 18.4 Å². The van der Waals surface area contributed by atoms with Crippen molar-refractivity contribution in [2.45, 2.75) is 39.2 Å². The Bertz CT molecular complexity index is 1160. The van der Waals surface area contributed by atoms with Crippen LogP contribution in [0.4, 0.5) is 10.5 Å². The third kappa shape index (κ3) is 7.30. The molecule has 0 saturated heterocycles. The van der Waals surface area contributed by atoms with Gasteiger partial charge >= 0.3 is 6.03 Å². The molecule has 0 heterocycles. The van der Waals surface area contributed by atoms with Gasteiger partial charge in [-0.3, -0.25) is 0 Å². The van der Waals surface area contributed by atoms with Crippen molar-refractivity contribution in [3.8, 4) is 11.5 Å². The number of amides is 2. The Kier molecular flexibility index (Phi) is 8.92. The first-order chi connectivity index (χ1) is 16.6. The van der Waals surface area contributed by atoms with Gasteiger partial charge in [0.15, 0.2) is 11.5 Å². The summed E-state index contributed by atoms with van der Waals surface area (Å²) in [6.45, 7) is 7.51. The van der Waals surface area contributed by atoms with Gasteiger partial charge in [0.2, 0.25) is 0 Å². The molecule has 0 saturated carbocycles. The van der Waals surface area contributed by atoms with Crippen molar-refractivity contribution in [2.24, 2.45) is 0 Å². The molecule has 0 spiro atoms. The zero-order valence-corrected chi connectivity index (χ0v) is 22.3. The minimum absolute atomic E-state index is 0.0663. The van der Waals surface area contributed by atoms with E-state index in [1.807, 2.05) is 18.2 Å². The number of halogens is 2. The fraction of sp³-hybridized carbons (Fsp3) is 0.321. The maximum atomic E-state index is 13.3. The summed E-state index contributed by atoms with van der Waals surface area (Å²) in [5, 5.41) is 3.77. The lowest BCUT2D eigenvalue weighted by atomic mass is 9.87. The zero-order valence-electron chi connectivity index (χ0n) is 20.8. The number of hydrogen-bond acceptors (Lipinski definition) is 3. The highest BCUT2D eigenvalue weighted by atomic mass is 35.5. The number of carbonyl (C=O) groups is 1. The molecule has 35 heavy (non-hydrogen) atoms. The second-order valence-electron chi connectivity index (χ2n) is 9.37. The number of anilines is 1. The highest BCUT2D eigenvalue weighted by molar-refractivity contribution is 6.42. The molecule has 5 nitrogen and oxygen atoms in total. The van der Waals surface area contributed by atoms with Gasteiger partial charge in [0.1, 0.15) is 0 Å². The Labute approximate surface area is 217 Å². The van der Waals surface area contributed by atoms with Gasteiger partial charge in [-0.1, -0.05) is 74.3 Å². The van der Waals surface area contributed by atoms with E-state index in [9.17, 15) is 4.79 Å². The number of benzene rings is 3. The number of nitrogens with one attached hydrogen (secondary N) is 1. The number of rotatable bonds is 8. The smallest absolute Gasteiger partial charge is 0.322 e. The van der Waals surface area contributed by atoms with Gasteiger partial charge in [0.05, 0.1) is 24.3 Å². The van der Waals surface area contributed by atoms with E-state index in [0.29, 0.717) is 46.7 Å². The number of nitrogens with zero attached hydrogens (tertiary/aromatic N) is 1. The largest absolute Gasteiger partial charge is 0.493 e. The van der Waals surface area contributed by atoms with Gasteiger partial charge in [-0.15, -0.1) is 0 Å². The van der Waals surface area contributed by atoms with Crippen molar-refractivity contribution < 1.29 is 14.3 Å². The third-order valence-electron chi connectivity index (χ3n) is 5.77. The standard InChI is InChI=1S/C28H32Cl2N2O3/c1-28(2,3)21-9-6-20(7-10-21)18-32(27(33)31-22-11-12-23(29)24(30)17-22)15-14-19-8-13-25(34-4)26(16-19)35-5/h6-13,16-17H,14-15,18H2,1-5H3,(H,31,33). The molecule has 2 amide bonds. The van der Waals surface area contributed by atoms with Crippen molar-refractivity contribution in [1.29, 1.82) is 0 Å². The van der Waals surface area contributed by atoms with Gasteiger partial charge in [0, 0.05) is 18.8 Å². The first-order valence-electron chi connectivity index (χ1n) is 11.4. The molecule has 186 valence electrons. The van der Waals surface area contributed by atoms with Gasteiger partial charge in [-0.05, 0) is 58.9 Å². The van der Waals surface area contributed by atoms with Crippen LogP contribution >= 0.6 is 23.2 Å². The average molecular weight is 515 g/mol. The van der Waals surface area contributed by atoms with Crippen LogP contribution in [0.3, 0.4) is 0 Å². The fourth-order valence-electron chi connectivity index (χ4n) is 3.66. The molecule has 0 aliphatic carbocycles. The van der Waals surface area contributed by atoms with E-state index < -0.39 is 0 Å². The van der Waals surface area contributed by atoms with E-state index in [4.69, 9.17) is 32.7 Å². The highest BCUT2D eigenvalue weighted by Gasteiger charge is 2.17. The van der Waals surface area contributed by atoms with Gasteiger partial charge in [0.25, 0.3) is 0 Å². The zero-order chi connectivity index (χ0) is 25.6. The summed E-state index contributed by atoms with van der Waals surface area (Å²) in [6.07, 6.45) is 0.648. The Balaban J connectivity index is 1.80. The van der Waals surface area contributed by atoms with Crippen molar-refractivity contribution in [1.82, 2.24) is 4.90 Å². The van der Waals surface area contributed by atoms with Crippen molar-refractivity contribution >= 4 is 34.9 Å². The molecule has 0 aliphatic heterocycles. The summed E-state index contributed by atoms with van der Waals surface area (Å²) in [5.41, 5.74) is 3.99. The molecule has 0 bridgehead atoms. The van der Waals surface area contributed by atoms with E-state index >= 15 is 0 Å². The molecule has 3 rings (SSSR count). The minimum Gasteiger partial charge on any atom is -0.493 e. The van der Waals surface area contributed by atoms with Crippen molar-refractivity contribution in [3.63, 3.8) is 0 Å². The molecular formula is C28H32Cl2N2O3. The molecule has 3 aromatic carbocycles. The second kappa shape index (κ2) is 11.7. The molecule has 0 radical (unpaired) electrons. The molecule has 0 fully saturated rings. The van der Waals surface area contributed by atoms with E-state index in [0.717, 1.165) is 11.1 Å². The Morgan fingerprint density at radius 2 is 1.51 bits per heavy atom. The molecule has 3 aromatic rings. The Morgan fingerprint density at radius 1 is 0.857 bits per heavy atom. The van der Waals surface area contributed by atoms with Crippen LogP contribution in [0.25, 0.3) is 0 Å². The molecule has 0 atom stereocenters. The average Bonchev–Trinajstić information content (AvgIpc) is 2.83. The van der Waals surface area contributed by atoms with Crippen molar-refractivity contribution in [2.75, 3.05) is 26.1 Å². The summed E-state index contributed by atoms with van der Waals surface area (Å²) in [7, 11) is 3.22. The topological polar surface area (TPSA) is 50.8 Å². The summed E-state index contributed by atoms with van der Waals surface area (Å²) >= 11 is 12.2. The quantitative estimate of drug-likeness (QED) is 0.336. The summed E-state index contributed by atoms with van der Waals surface area (Å²) in [5.74, 6) is 1.33. The SMILES string of the molecule is COc1ccc(CCN(Cc2ccc(C(C)(C)C)cc2)C(=O)Nc2ccc(Cl)c(Cl)c2)cc1OC. The number of hydrogen-bond donors (Lipinski definition) is 1. The summed E-state index contributed by atoms with van der Waals surface area (Å²) in [6, 6.07) is 19.0. The third-order valence-corrected chi connectivity index (χ3v) is 6.51. The molecule has 0 aliphatic rings. The first kappa shape index (κ1) is 26.7. The lowest BCUT2D eigenvalue weighted by Gasteiger charge is -2.25. The molecule has 1 N–H and O–H groups in total. The highest BCUT2D eigenvalue weighted by Crippen LogP contribution is 2.28. The minimum atomic E-state index is -0.219. The summed E-state index contributed by atoms with van der Waals surface area (Å²) < 4.78 is 10.8. The van der Waals surface area contributed by atoms with Crippen LogP contribution in [0.15, 0.2) is 60.7 Å². The van der Waals surface area contributed by atoms with Crippen molar-refractivity contribution in [3.05, 3.63) is 87.4 Å². The predicted octanol–water partition coefficient (Wildman–Crippen LogP) is 7.58. The molecule has 0 unspecified atom stereocenters. The molecule has 0 aromatic heterocycles. The normalized spacial score (nSPS) is 11.2. The molecular weight excluding hydrogens is 483 g/mol. The monoisotopic (exact) mass is 514 g/mol. The van der Waals surface area contributed by atoms with Crippen LogP contribution in [0, 0.1) is 0 Å². The predicted molar refractivity (Wildman–Crippen MR) is 144 cm³/mol. The van der Waals surface area contributed by atoms with Crippen LogP contribution in [0.1, 0.15) is 37.5 Å². The lowest BCUT2D eigenvalue weighted by Crippen LogP contribution is -2.36. The van der Waals surface area contributed by atoms with Crippen LogP contribution in [-0.4, -0.2) is 31.7 Å². The lowest BCUT2D eigenvalue weighted by molar-refractivity contribution is 0.209. The van der Waals surface area contributed by atoms with E-state index in [-0.39, 0.29) is 11.4 Å². The van der Waals surface area contributed by atoms with E-state index in [1.165, 1.54) is 5.56 Å². The Morgan fingerprint density at radius 3 is 2.11 bits per heavy atom. The number of carbonyl (C=O) groups excluding carboxylic acids is 1. The van der Waals surface area contributed by atoms with E-state index in [1.54, 1.807) is 37.3 Å². The van der Waals surface area contributed by atoms with E-state index in [2.05, 4.69) is 50.4 Å². The number of ether oxygens (including phenoxy) is 2. The van der Waals surface area contributed by atoms with Crippen LogP contribution in [0.5, 0.6) is 11.5 Å². The first-order valence-corrected chi connectivity index (χ1v) is 12.2. The maximum Gasteiger partial charge on any atom is 0.322 e.